The van der Waals surface area contributed by atoms with Crippen LogP contribution in [-0.2, 0) is 12.7 Å². The third kappa shape index (κ3) is 4.67. The first-order valence-electron chi connectivity index (χ1n) is 9.51. The van der Waals surface area contributed by atoms with Crippen LogP contribution in [0.2, 0.25) is 5.02 Å². The van der Waals surface area contributed by atoms with E-state index in [0.29, 0.717) is 35.3 Å². The van der Waals surface area contributed by atoms with Gasteiger partial charge in [0.15, 0.2) is 0 Å². The fraction of sp³-hybridized carbons (Fsp3) is 0.286. The topological polar surface area (TPSA) is 51.0 Å². The molecular formula is C21H18ClF3N4OS. The van der Waals surface area contributed by atoms with E-state index >= 15 is 0 Å². The van der Waals surface area contributed by atoms with Gasteiger partial charge in [0, 0.05) is 23.0 Å². The zero-order valence-electron chi connectivity index (χ0n) is 16.5. The molecule has 0 radical (unpaired) electrons. The molecule has 4 rings (SSSR count). The van der Waals surface area contributed by atoms with Crippen LogP contribution < -0.4 is 10.6 Å². The third-order valence-electron chi connectivity index (χ3n) is 5.13. The van der Waals surface area contributed by atoms with E-state index in [1.807, 2.05) is 30.0 Å². The van der Waals surface area contributed by atoms with E-state index in [-0.39, 0.29) is 6.54 Å². The van der Waals surface area contributed by atoms with Crippen molar-refractivity contribution in [1.82, 2.24) is 14.5 Å². The van der Waals surface area contributed by atoms with Gasteiger partial charge in [-0.05, 0) is 48.2 Å². The van der Waals surface area contributed by atoms with Crippen molar-refractivity contribution in [2.24, 2.45) is 0 Å². The quantitative estimate of drug-likeness (QED) is 0.541. The molecule has 31 heavy (non-hydrogen) atoms. The molecule has 3 aromatic rings. The second-order valence-corrected chi connectivity index (χ2v) is 8.74. The standard InChI is InChI=1S/C21H18ClF3N4OS/c1-13-16(3-2-4-17(13)22)14-7-9-28(10-8-14)19-26-12-29(20(30)27-19)11-15-5-6-18(31-15)21(23,24)25/h2-7,12H,8-11H2,1H3. The summed E-state index contributed by atoms with van der Waals surface area (Å²) in [6.07, 6.45) is -0.235. The Morgan fingerprint density at radius 1 is 1.23 bits per heavy atom. The Bertz CT molecular complexity index is 1200. The average Bonchev–Trinajstić information content (AvgIpc) is 3.21. The van der Waals surface area contributed by atoms with Crippen molar-refractivity contribution in [1.29, 1.82) is 0 Å². The first-order chi connectivity index (χ1) is 14.7. The van der Waals surface area contributed by atoms with Gasteiger partial charge in [0.1, 0.15) is 11.2 Å². The Kier molecular flexibility index (Phi) is 5.90. The smallest absolute Gasteiger partial charge is 0.337 e. The van der Waals surface area contributed by atoms with Crippen LogP contribution in [0.5, 0.6) is 0 Å². The van der Waals surface area contributed by atoms with Gasteiger partial charge >= 0.3 is 11.9 Å². The minimum Gasteiger partial charge on any atom is -0.337 e. The number of halogens is 4. The van der Waals surface area contributed by atoms with Gasteiger partial charge in [-0.15, -0.1) is 11.3 Å². The van der Waals surface area contributed by atoms with Gasteiger partial charge in [-0.25, -0.2) is 9.78 Å². The van der Waals surface area contributed by atoms with Crippen LogP contribution in [-0.4, -0.2) is 27.6 Å². The lowest BCUT2D eigenvalue weighted by molar-refractivity contribution is -0.134. The molecule has 0 unspecified atom stereocenters. The number of rotatable bonds is 4. The van der Waals surface area contributed by atoms with Crippen molar-refractivity contribution in [3.63, 3.8) is 0 Å². The minimum absolute atomic E-state index is 0.00203. The molecule has 0 N–H and O–H groups in total. The summed E-state index contributed by atoms with van der Waals surface area (Å²) in [5.41, 5.74) is 2.78. The fourth-order valence-corrected chi connectivity index (χ4v) is 4.49. The van der Waals surface area contributed by atoms with E-state index in [1.54, 1.807) is 0 Å². The lowest BCUT2D eigenvalue weighted by atomic mass is 9.96. The third-order valence-corrected chi connectivity index (χ3v) is 6.65. The van der Waals surface area contributed by atoms with E-state index in [9.17, 15) is 18.0 Å². The summed E-state index contributed by atoms with van der Waals surface area (Å²) in [4.78, 5) is 22.3. The lowest BCUT2D eigenvalue weighted by Crippen LogP contribution is -2.34. The molecule has 0 fully saturated rings. The molecule has 0 spiro atoms. The van der Waals surface area contributed by atoms with Crippen molar-refractivity contribution in [3.8, 4) is 0 Å². The zero-order valence-corrected chi connectivity index (χ0v) is 18.1. The predicted molar refractivity (Wildman–Crippen MR) is 116 cm³/mol. The fourth-order valence-electron chi connectivity index (χ4n) is 3.44. The minimum atomic E-state index is -4.39. The second-order valence-electron chi connectivity index (χ2n) is 7.17. The first-order valence-corrected chi connectivity index (χ1v) is 10.7. The van der Waals surface area contributed by atoms with Gasteiger partial charge in [0.05, 0.1) is 6.54 Å². The normalized spacial score (nSPS) is 14.6. The predicted octanol–water partition coefficient (Wildman–Crippen LogP) is 5.02. The van der Waals surface area contributed by atoms with Gasteiger partial charge < -0.3 is 4.90 Å². The van der Waals surface area contributed by atoms with Crippen molar-refractivity contribution < 1.29 is 13.2 Å². The molecular weight excluding hydrogens is 449 g/mol. The Labute approximate surface area is 185 Å². The number of aromatic nitrogens is 3. The van der Waals surface area contributed by atoms with E-state index in [4.69, 9.17) is 11.6 Å². The van der Waals surface area contributed by atoms with Crippen LogP contribution in [0, 0.1) is 6.92 Å². The number of nitrogens with zero attached hydrogens (tertiary/aromatic N) is 4. The van der Waals surface area contributed by atoms with Crippen LogP contribution in [0.15, 0.2) is 47.5 Å². The van der Waals surface area contributed by atoms with Gasteiger partial charge in [-0.3, -0.25) is 4.57 Å². The Morgan fingerprint density at radius 2 is 2.03 bits per heavy atom. The highest BCUT2D eigenvalue weighted by molar-refractivity contribution is 7.12. The molecule has 162 valence electrons. The Balaban J connectivity index is 1.48. The SMILES string of the molecule is Cc1c(Cl)cccc1C1=CCN(c2ncn(Cc3ccc(C(F)(F)F)s3)c(=O)n2)CC1. The lowest BCUT2D eigenvalue weighted by Gasteiger charge is -2.27. The second kappa shape index (κ2) is 8.47. The zero-order chi connectivity index (χ0) is 22.2. The van der Waals surface area contributed by atoms with Gasteiger partial charge in [-0.1, -0.05) is 29.8 Å². The molecule has 0 amide bonds. The molecule has 1 aliphatic rings. The van der Waals surface area contributed by atoms with Gasteiger partial charge in [0.2, 0.25) is 5.95 Å². The maximum Gasteiger partial charge on any atom is 0.425 e. The molecule has 10 heteroatoms. The molecule has 1 aromatic carbocycles. The molecule has 0 aliphatic carbocycles. The van der Waals surface area contributed by atoms with E-state index < -0.39 is 16.7 Å². The summed E-state index contributed by atoms with van der Waals surface area (Å²) < 4.78 is 39.5. The van der Waals surface area contributed by atoms with E-state index in [1.165, 1.54) is 22.5 Å². The van der Waals surface area contributed by atoms with Crippen molar-refractivity contribution in [2.45, 2.75) is 26.1 Å². The summed E-state index contributed by atoms with van der Waals surface area (Å²) in [6, 6.07) is 8.20. The highest BCUT2D eigenvalue weighted by atomic mass is 35.5. The van der Waals surface area contributed by atoms with Crippen LogP contribution in [0.1, 0.15) is 27.3 Å². The Morgan fingerprint density at radius 3 is 2.68 bits per heavy atom. The number of hydrogen-bond donors (Lipinski definition) is 0. The Hall–Kier alpha value is -2.65. The van der Waals surface area contributed by atoms with Crippen LogP contribution >= 0.6 is 22.9 Å². The number of benzene rings is 1. The van der Waals surface area contributed by atoms with Crippen LogP contribution in [0.4, 0.5) is 19.1 Å². The van der Waals surface area contributed by atoms with E-state index in [2.05, 4.69) is 16.0 Å². The summed E-state index contributed by atoms with van der Waals surface area (Å²) >= 11 is 6.83. The van der Waals surface area contributed by atoms with Gasteiger partial charge in [-0.2, -0.15) is 18.2 Å². The molecule has 5 nitrogen and oxygen atoms in total. The molecule has 0 saturated heterocycles. The summed E-state index contributed by atoms with van der Waals surface area (Å²) in [5, 5.41) is 0.723. The van der Waals surface area contributed by atoms with Gasteiger partial charge in [0.25, 0.3) is 0 Å². The maximum atomic E-state index is 12.8. The van der Waals surface area contributed by atoms with Crippen LogP contribution in [0.3, 0.4) is 0 Å². The van der Waals surface area contributed by atoms with Crippen molar-refractivity contribution in [3.05, 3.63) is 79.1 Å². The molecule has 3 heterocycles. The summed E-state index contributed by atoms with van der Waals surface area (Å²) in [6.45, 7) is 3.17. The molecule has 0 atom stereocenters. The number of anilines is 1. The number of alkyl halides is 3. The highest BCUT2D eigenvalue weighted by Crippen LogP contribution is 2.34. The average molecular weight is 467 g/mol. The van der Waals surface area contributed by atoms with Crippen LogP contribution in [0.25, 0.3) is 5.57 Å². The molecule has 2 aromatic heterocycles. The van der Waals surface area contributed by atoms with E-state index in [0.717, 1.165) is 28.6 Å². The highest BCUT2D eigenvalue weighted by Gasteiger charge is 2.32. The largest absolute Gasteiger partial charge is 0.425 e. The maximum absolute atomic E-state index is 12.8. The molecule has 0 bridgehead atoms. The summed E-state index contributed by atoms with van der Waals surface area (Å²) in [7, 11) is 0. The number of thiophene rings is 1. The molecule has 1 aliphatic heterocycles. The van der Waals surface area contributed by atoms with Crippen molar-refractivity contribution >= 4 is 34.5 Å². The number of hydrogen-bond acceptors (Lipinski definition) is 5. The van der Waals surface area contributed by atoms with Crippen molar-refractivity contribution in [2.75, 3.05) is 18.0 Å². The molecule has 0 saturated carbocycles. The first kappa shape index (κ1) is 21.6. The monoisotopic (exact) mass is 466 g/mol. The summed E-state index contributed by atoms with van der Waals surface area (Å²) in [5.74, 6) is 0.307.